The van der Waals surface area contributed by atoms with Crippen LogP contribution < -0.4 is 16.4 Å². The molecule has 0 saturated heterocycles. The number of benzene rings is 1. The van der Waals surface area contributed by atoms with Crippen molar-refractivity contribution in [3.63, 3.8) is 0 Å². The smallest absolute Gasteiger partial charge is 0.319 e. The van der Waals surface area contributed by atoms with Gasteiger partial charge >= 0.3 is 6.03 Å². The van der Waals surface area contributed by atoms with E-state index in [-0.39, 0.29) is 12.1 Å². The van der Waals surface area contributed by atoms with Crippen LogP contribution in [-0.2, 0) is 0 Å². The van der Waals surface area contributed by atoms with Gasteiger partial charge in [-0.1, -0.05) is 25.8 Å². The maximum Gasteiger partial charge on any atom is 0.319 e. The first-order valence-electron chi connectivity index (χ1n) is 7.02. The van der Waals surface area contributed by atoms with Crippen LogP contribution in [0.25, 0.3) is 0 Å². The lowest BCUT2D eigenvalue weighted by atomic mass is 9.87. The van der Waals surface area contributed by atoms with Gasteiger partial charge in [0.1, 0.15) is 0 Å². The summed E-state index contributed by atoms with van der Waals surface area (Å²) in [6, 6.07) is 6.62. The van der Waals surface area contributed by atoms with Crippen molar-refractivity contribution in [3.8, 4) is 0 Å². The number of carbonyl (C=O) groups excluding carboxylic acids is 2. The highest BCUT2D eigenvalue weighted by atomic mass is 16.2. The molecule has 1 aromatic carbocycles. The fourth-order valence-corrected chi connectivity index (χ4v) is 2.67. The molecule has 0 heterocycles. The van der Waals surface area contributed by atoms with Crippen LogP contribution in [0, 0.1) is 5.92 Å². The second-order valence-electron chi connectivity index (χ2n) is 5.51. The van der Waals surface area contributed by atoms with Gasteiger partial charge in [0.05, 0.1) is 0 Å². The minimum atomic E-state index is -0.504. The third-order valence-electron chi connectivity index (χ3n) is 3.68. The summed E-state index contributed by atoms with van der Waals surface area (Å²) in [6.07, 6.45) is 4.44. The summed E-state index contributed by atoms with van der Waals surface area (Å²) in [5, 5.41) is 5.72. The van der Waals surface area contributed by atoms with Gasteiger partial charge in [-0.2, -0.15) is 0 Å². The van der Waals surface area contributed by atoms with E-state index in [1.807, 2.05) is 0 Å². The summed E-state index contributed by atoms with van der Waals surface area (Å²) in [5.74, 6) is 0.155. The maximum absolute atomic E-state index is 11.9. The van der Waals surface area contributed by atoms with Gasteiger partial charge < -0.3 is 16.4 Å². The van der Waals surface area contributed by atoms with Crippen LogP contribution in [0.2, 0.25) is 0 Å². The lowest BCUT2D eigenvalue weighted by Gasteiger charge is -2.27. The normalized spacial score (nSPS) is 22.1. The van der Waals surface area contributed by atoms with E-state index in [9.17, 15) is 9.59 Å². The molecule has 0 unspecified atom stereocenters. The summed E-state index contributed by atoms with van der Waals surface area (Å²) < 4.78 is 0. The second kappa shape index (κ2) is 6.41. The number of primary amides is 1. The minimum Gasteiger partial charge on any atom is -0.366 e. The standard InChI is InChI=1S/C15H21N3O2/c1-10-4-2-6-12(8-10)17-15(20)18-13-7-3-5-11(9-13)14(16)19/h3,5,7,9-10,12H,2,4,6,8H2,1H3,(H2,16,19)(H2,17,18,20)/t10-,12+/m0/s1. The number of amides is 3. The molecule has 1 saturated carbocycles. The number of hydrogen-bond acceptors (Lipinski definition) is 2. The van der Waals surface area contributed by atoms with Gasteiger partial charge in [-0.25, -0.2) is 4.79 Å². The Bertz CT molecular complexity index is 502. The van der Waals surface area contributed by atoms with Gasteiger partial charge in [0, 0.05) is 17.3 Å². The van der Waals surface area contributed by atoms with Gasteiger partial charge in [0.2, 0.25) is 5.91 Å². The van der Waals surface area contributed by atoms with Crippen LogP contribution in [0.15, 0.2) is 24.3 Å². The number of anilines is 1. The van der Waals surface area contributed by atoms with E-state index in [1.54, 1.807) is 24.3 Å². The Hall–Kier alpha value is -2.04. The van der Waals surface area contributed by atoms with Crippen molar-refractivity contribution in [1.82, 2.24) is 5.32 Å². The molecule has 1 fully saturated rings. The summed E-state index contributed by atoms with van der Waals surface area (Å²) in [4.78, 5) is 23.0. The molecular weight excluding hydrogens is 254 g/mol. The zero-order valence-corrected chi connectivity index (χ0v) is 11.7. The molecule has 0 radical (unpaired) electrons. The first kappa shape index (κ1) is 14.4. The van der Waals surface area contributed by atoms with Crippen molar-refractivity contribution < 1.29 is 9.59 Å². The number of nitrogens with two attached hydrogens (primary N) is 1. The Balaban J connectivity index is 1.91. The molecule has 0 aliphatic heterocycles. The molecule has 0 spiro atoms. The van der Waals surface area contributed by atoms with E-state index in [2.05, 4.69) is 17.6 Å². The number of hydrogen-bond donors (Lipinski definition) is 3. The lowest BCUT2D eigenvalue weighted by Crippen LogP contribution is -2.40. The molecule has 5 heteroatoms. The third-order valence-corrected chi connectivity index (χ3v) is 3.68. The fourth-order valence-electron chi connectivity index (χ4n) is 2.67. The summed E-state index contributed by atoms with van der Waals surface area (Å²) in [7, 11) is 0. The molecule has 2 rings (SSSR count). The number of nitrogens with one attached hydrogen (secondary N) is 2. The molecule has 1 aliphatic rings. The van der Waals surface area contributed by atoms with Gasteiger partial charge in [-0.15, -0.1) is 0 Å². The largest absolute Gasteiger partial charge is 0.366 e. The molecule has 0 bridgehead atoms. The maximum atomic E-state index is 11.9. The molecule has 2 atom stereocenters. The summed E-state index contributed by atoms with van der Waals surface area (Å²) in [6.45, 7) is 2.21. The van der Waals surface area contributed by atoms with Crippen molar-refractivity contribution >= 4 is 17.6 Å². The van der Waals surface area contributed by atoms with Crippen molar-refractivity contribution in [3.05, 3.63) is 29.8 Å². The summed E-state index contributed by atoms with van der Waals surface area (Å²) in [5.41, 5.74) is 6.17. The van der Waals surface area contributed by atoms with Crippen LogP contribution in [0.3, 0.4) is 0 Å². The van der Waals surface area contributed by atoms with E-state index >= 15 is 0 Å². The van der Waals surface area contributed by atoms with Crippen molar-refractivity contribution in [2.75, 3.05) is 5.32 Å². The molecule has 1 aromatic rings. The Labute approximate surface area is 118 Å². The van der Waals surface area contributed by atoms with Crippen LogP contribution in [0.1, 0.15) is 43.0 Å². The molecule has 1 aliphatic carbocycles. The molecule has 0 aromatic heterocycles. The second-order valence-corrected chi connectivity index (χ2v) is 5.51. The predicted octanol–water partition coefficient (Wildman–Crippen LogP) is 2.49. The van der Waals surface area contributed by atoms with Crippen LogP contribution >= 0.6 is 0 Å². The molecule has 4 N–H and O–H groups in total. The zero-order valence-electron chi connectivity index (χ0n) is 11.7. The summed E-state index contributed by atoms with van der Waals surface area (Å²) >= 11 is 0. The number of rotatable bonds is 3. The molecule has 108 valence electrons. The molecule has 5 nitrogen and oxygen atoms in total. The van der Waals surface area contributed by atoms with Gasteiger partial charge in [0.25, 0.3) is 0 Å². The Kier molecular flexibility index (Phi) is 4.61. The monoisotopic (exact) mass is 275 g/mol. The SMILES string of the molecule is C[C@H]1CCC[C@@H](NC(=O)Nc2cccc(C(N)=O)c2)C1. The van der Waals surface area contributed by atoms with Crippen molar-refractivity contribution in [1.29, 1.82) is 0 Å². The minimum absolute atomic E-state index is 0.231. The van der Waals surface area contributed by atoms with Crippen LogP contribution in [0.5, 0.6) is 0 Å². The highest BCUT2D eigenvalue weighted by Gasteiger charge is 2.20. The van der Waals surface area contributed by atoms with E-state index < -0.39 is 5.91 Å². The first-order chi connectivity index (χ1) is 9.54. The molecule has 20 heavy (non-hydrogen) atoms. The Morgan fingerprint density at radius 2 is 2.10 bits per heavy atom. The highest BCUT2D eigenvalue weighted by Crippen LogP contribution is 2.23. The fraction of sp³-hybridized carbons (Fsp3) is 0.467. The highest BCUT2D eigenvalue weighted by molar-refractivity contribution is 5.95. The van der Waals surface area contributed by atoms with Crippen LogP contribution in [-0.4, -0.2) is 18.0 Å². The average molecular weight is 275 g/mol. The Morgan fingerprint density at radius 3 is 2.80 bits per heavy atom. The number of urea groups is 1. The zero-order chi connectivity index (χ0) is 14.5. The van der Waals surface area contributed by atoms with Crippen molar-refractivity contribution in [2.24, 2.45) is 11.7 Å². The predicted molar refractivity (Wildman–Crippen MR) is 78.5 cm³/mol. The number of carbonyl (C=O) groups is 2. The molecule has 3 amide bonds. The Morgan fingerprint density at radius 1 is 1.30 bits per heavy atom. The lowest BCUT2D eigenvalue weighted by molar-refractivity contribution is 0.1000. The third kappa shape index (κ3) is 3.98. The first-order valence-corrected chi connectivity index (χ1v) is 7.02. The van der Waals surface area contributed by atoms with Gasteiger partial charge in [0.15, 0.2) is 0 Å². The van der Waals surface area contributed by atoms with E-state index in [0.717, 1.165) is 19.3 Å². The van der Waals surface area contributed by atoms with E-state index in [0.29, 0.717) is 17.2 Å². The van der Waals surface area contributed by atoms with E-state index in [4.69, 9.17) is 5.73 Å². The van der Waals surface area contributed by atoms with Crippen molar-refractivity contribution in [2.45, 2.75) is 38.6 Å². The van der Waals surface area contributed by atoms with E-state index in [1.165, 1.54) is 6.42 Å². The molecular formula is C15H21N3O2. The quantitative estimate of drug-likeness (QED) is 0.791. The average Bonchev–Trinajstić information content (AvgIpc) is 2.38. The van der Waals surface area contributed by atoms with Gasteiger partial charge in [-0.05, 0) is 37.0 Å². The van der Waals surface area contributed by atoms with Crippen LogP contribution in [0.4, 0.5) is 10.5 Å². The van der Waals surface area contributed by atoms with Gasteiger partial charge in [-0.3, -0.25) is 4.79 Å². The topological polar surface area (TPSA) is 84.2 Å².